The number of aliphatic hydroxyl groups excluding tert-OH is 1. The molecule has 0 unspecified atom stereocenters. The third-order valence-corrected chi connectivity index (χ3v) is 2.48. The first kappa shape index (κ1) is 13.7. The van der Waals surface area contributed by atoms with Gasteiger partial charge >= 0.3 is 5.97 Å². The van der Waals surface area contributed by atoms with E-state index in [4.69, 9.17) is 24.8 Å². The van der Waals surface area contributed by atoms with Gasteiger partial charge in [0.15, 0.2) is 12.4 Å². The van der Waals surface area contributed by atoms with Gasteiger partial charge in [-0.2, -0.15) is 0 Å². The molecule has 2 N–H and O–H groups in total. The van der Waals surface area contributed by atoms with Crippen LogP contribution in [0, 0.1) is 0 Å². The van der Waals surface area contributed by atoms with E-state index in [1.54, 1.807) is 0 Å². The average molecular weight is 247 g/mol. The summed E-state index contributed by atoms with van der Waals surface area (Å²) in [5.41, 5.74) is 8.40. The van der Waals surface area contributed by atoms with E-state index in [2.05, 4.69) is 10.0 Å². The summed E-state index contributed by atoms with van der Waals surface area (Å²) < 4.78 is 14.7. The van der Waals surface area contributed by atoms with Crippen LogP contribution in [0.15, 0.2) is 5.11 Å². The minimum absolute atomic E-state index is 1.08. The van der Waals surface area contributed by atoms with Crippen molar-refractivity contribution in [3.63, 3.8) is 0 Å². The van der Waals surface area contributed by atoms with Crippen LogP contribution in [0.25, 0.3) is 10.4 Å². The number of hydrogen-bond donors (Lipinski definition) is 2. The van der Waals surface area contributed by atoms with Crippen molar-refractivity contribution in [1.29, 1.82) is 0 Å². The Morgan fingerprint density at radius 2 is 2.12 bits per heavy atom. The summed E-state index contributed by atoms with van der Waals surface area (Å²) >= 11 is 0. The van der Waals surface area contributed by atoms with Crippen LogP contribution >= 0.6 is 0 Å². The van der Waals surface area contributed by atoms with Gasteiger partial charge in [0, 0.05) is 19.1 Å². The van der Waals surface area contributed by atoms with Crippen LogP contribution in [0.1, 0.15) is 0 Å². The summed E-state index contributed by atoms with van der Waals surface area (Å²) in [4.78, 5) is 13.5. The van der Waals surface area contributed by atoms with Crippen LogP contribution in [0.2, 0.25) is 0 Å². The second-order valence-electron chi connectivity index (χ2n) is 3.39. The van der Waals surface area contributed by atoms with Crippen molar-refractivity contribution in [1.82, 2.24) is 0 Å². The third-order valence-electron chi connectivity index (χ3n) is 2.48. The topological polar surface area (TPSA) is 134 Å². The van der Waals surface area contributed by atoms with Crippen LogP contribution in [-0.2, 0) is 19.0 Å². The molecule has 96 valence electrons. The fourth-order valence-corrected chi connectivity index (χ4v) is 1.69. The lowest BCUT2D eigenvalue weighted by Crippen LogP contribution is -2.60. The zero-order valence-corrected chi connectivity index (χ0v) is 9.26. The number of nitrogens with zero attached hydrogens (tertiary/aromatic N) is 3. The predicted molar refractivity (Wildman–Crippen MR) is 53.0 cm³/mol. The highest BCUT2D eigenvalue weighted by Crippen LogP contribution is 2.26. The second-order valence-corrected chi connectivity index (χ2v) is 3.39. The molecular weight excluding hydrogens is 234 g/mol. The molecule has 0 spiro atoms. The number of methoxy groups -OCH3 is 2. The van der Waals surface area contributed by atoms with Crippen LogP contribution in [0.4, 0.5) is 0 Å². The number of carboxylic acid groups (broad SMARTS) is 1. The van der Waals surface area contributed by atoms with E-state index in [1.165, 1.54) is 14.2 Å². The van der Waals surface area contributed by atoms with Gasteiger partial charge in [0.25, 0.3) is 0 Å². The van der Waals surface area contributed by atoms with E-state index < -0.39 is 36.6 Å². The Kier molecular flexibility index (Phi) is 4.67. The van der Waals surface area contributed by atoms with Gasteiger partial charge in [0.05, 0.1) is 6.04 Å². The Morgan fingerprint density at radius 1 is 1.47 bits per heavy atom. The Labute approximate surface area is 96.5 Å². The number of ether oxygens (including phenoxy) is 3. The molecule has 0 aromatic rings. The lowest BCUT2D eigenvalue weighted by Gasteiger charge is -2.39. The van der Waals surface area contributed by atoms with E-state index >= 15 is 0 Å². The van der Waals surface area contributed by atoms with E-state index in [-0.39, 0.29) is 0 Å². The summed E-state index contributed by atoms with van der Waals surface area (Å²) in [6, 6.07) is -1.09. The lowest BCUT2D eigenvalue weighted by atomic mass is 9.96. The first-order chi connectivity index (χ1) is 8.06. The summed E-state index contributed by atoms with van der Waals surface area (Å²) in [6.07, 6.45) is -4.93. The fraction of sp³-hybridized carbons (Fsp3) is 0.875. The molecule has 1 aliphatic heterocycles. The molecule has 0 bridgehead atoms. The largest absolute Gasteiger partial charge is 0.479 e. The van der Waals surface area contributed by atoms with Gasteiger partial charge < -0.3 is 24.4 Å². The quantitative estimate of drug-likeness (QED) is 0.390. The third kappa shape index (κ3) is 2.65. The van der Waals surface area contributed by atoms with Crippen molar-refractivity contribution in [2.75, 3.05) is 14.2 Å². The highest BCUT2D eigenvalue weighted by Gasteiger charge is 2.48. The van der Waals surface area contributed by atoms with E-state index in [1.807, 2.05) is 0 Å². The molecule has 0 radical (unpaired) electrons. The van der Waals surface area contributed by atoms with Gasteiger partial charge in [-0.1, -0.05) is 5.11 Å². The van der Waals surface area contributed by atoms with Gasteiger partial charge in [0.1, 0.15) is 12.2 Å². The van der Waals surface area contributed by atoms with Crippen LogP contribution in [0.5, 0.6) is 0 Å². The SMILES string of the molecule is CO[C@@H]1O[C@H](C(=O)O)[C@@H](OC)[C@H](N=[N+]=[N-])[C@H]1O. The number of hydrogen-bond acceptors (Lipinski definition) is 6. The molecule has 9 nitrogen and oxygen atoms in total. The fourth-order valence-electron chi connectivity index (χ4n) is 1.69. The van der Waals surface area contributed by atoms with Crippen LogP contribution in [0.3, 0.4) is 0 Å². The van der Waals surface area contributed by atoms with Crippen LogP contribution in [-0.4, -0.2) is 61.0 Å². The number of rotatable bonds is 4. The van der Waals surface area contributed by atoms with E-state index in [0.29, 0.717) is 0 Å². The normalized spacial score (nSPS) is 37.2. The molecule has 0 amide bonds. The van der Waals surface area contributed by atoms with Crippen molar-refractivity contribution < 1.29 is 29.2 Å². The van der Waals surface area contributed by atoms with Crippen molar-refractivity contribution in [3.8, 4) is 0 Å². The zero-order valence-electron chi connectivity index (χ0n) is 9.26. The molecule has 1 saturated heterocycles. The molecule has 1 heterocycles. The molecule has 1 rings (SSSR count). The first-order valence-corrected chi connectivity index (χ1v) is 4.73. The van der Waals surface area contributed by atoms with Crippen LogP contribution < -0.4 is 0 Å². The maximum absolute atomic E-state index is 11.0. The second kappa shape index (κ2) is 5.80. The molecule has 1 fully saturated rings. The smallest absolute Gasteiger partial charge is 0.335 e. The molecular formula is C8H13N3O6. The average Bonchev–Trinajstić information content (AvgIpc) is 2.31. The van der Waals surface area contributed by atoms with Crippen molar-refractivity contribution in [3.05, 3.63) is 10.4 Å². The summed E-state index contributed by atoms with van der Waals surface area (Å²) in [7, 11) is 2.48. The number of aliphatic hydroxyl groups is 1. The molecule has 17 heavy (non-hydrogen) atoms. The van der Waals surface area contributed by atoms with Gasteiger partial charge in [-0.25, -0.2) is 4.79 Å². The first-order valence-electron chi connectivity index (χ1n) is 4.73. The Morgan fingerprint density at radius 3 is 2.53 bits per heavy atom. The minimum Gasteiger partial charge on any atom is -0.479 e. The number of carboxylic acids is 1. The van der Waals surface area contributed by atoms with Gasteiger partial charge in [0.2, 0.25) is 0 Å². The molecule has 0 aliphatic carbocycles. The Bertz CT molecular complexity index is 331. The maximum atomic E-state index is 11.0. The van der Waals surface area contributed by atoms with Gasteiger partial charge in [-0.05, 0) is 5.53 Å². The zero-order chi connectivity index (χ0) is 13.0. The monoisotopic (exact) mass is 247 g/mol. The molecule has 1 aliphatic rings. The van der Waals surface area contributed by atoms with Crippen molar-refractivity contribution >= 4 is 5.97 Å². The number of azide groups is 1. The van der Waals surface area contributed by atoms with Gasteiger partial charge in [-0.15, -0.1) is 0 Å². The predicted octanol–water partition coefficient (Wildman–Crippen LogP) is -0.503. The highest BCUT2D eigenvalue weighted by atomic mass is 16.7. The summed E-state index contributed by atoms with van der Waals surface area (Å²) in [6.45, 7) is 0. The number of carbonyl (C=O) groups is 1. The maximum Gasteiger partial charge on any atom is 0.335 e. The van der Waals surface area contributed by atoms with Crippen molar-refractivity contribution in [2.45, 2.75) is 30.6 Å². The molecule has 9 heteroatoms. The summed E-state index contributed by atoms with van der Waals surface area (Å²) in [5.74, 6) is -1.29. The van der Waals surface area contributed by atoms with Crippen molar-refractivity contribution in [2.24, 2.45) is 5.11 Å². The highest BCUT2D eigenvalue weighted by molar-refractivity contribution is 5.73. The lowest BCUT2D eigenvalue weighted by molar-refractivity contribution is -0.265. The minimum atomic E-state index is -1.37. The molecule has 0 saturated carbocycles. The number of aliphatic carboxylic acids is 1. The molecule has 5 atom stereocenters. The van der Waals surface area contributed by atoms with E-state index in [0.717, 1.165) is 0 Å². The van der Waals surface area contributed by atoms with Gasteiger partial charge in [-0.3, -0.25) is 0 Å². The summed E-state index contributed by atoms with van der Waals surface area (Å²) in [5, 5.41) is 22.1. The molecule has 0 aromatic carbocycles. The van der Waals surface area contributed by atoms with E-state index in [9.17, 15) is 9.90 Å². The standard InChI is InChI=1S/C8H13N3O6/c1-15-5-3(10-11-9)4(12)8(16-2)17-6(5)7(13)14/h3-6,8,12H,1-2H3,(H,13,14)/t3-,4-,5+,6+,8-/m1/s1. The Hall–Kier alpha value is -1.38. The Balaban J connectivity index is 3.03. The molecule has 0 aromatic heterocycles.